The fourth-order valence-electron chi connectivity index (χ4n) is 2.24. The van der Waals surface area contributed by atoms with Crippen LogP contribution >= 0.6 is 0 Å². The van der Waals surface area contributed by atoms with E-state index < -0.39 is 0 Å². The molecule has 0 aliphatic heterocycles. The van der Waals surface area contributed by atoms with Gasteiger partial charge in [0.05, 0.1) is 0 Å². The number of hydrogen-bond acceptors (Lipinski definition) is 3. The van der Waals surface area contributed by atoms with E-state index in [2.05, 4.69) is 11.4 Å². The Labute approximate surface area is 137 Å². The Morgan fingerprint density at radius 1 is 0.957 bits per heavy atom. The predicted octanol–water partition coefficient (Wildman–Crippen LogP) is 4.00. The molecule has 0 radical (unpaired) electrons. The highest BCUT2D eigenvalue weighted by atomic mass is 16.5. The second-order valence-electron chi connectivity index (χ2n) is 5.91. The van der Waals surface area contributed by atoms with Gasteiger partial charge >= 0.3 is 0 Å². The second kappa shape index (κ2) is 7.68. The molecule has 0 aliphatic rings. The van der Waals surface area contributed by atoms with Gasteiger partial charge in [-0.25, -0.2) is 0 Å². The van der Waals surface area contributed by atoms with E-state index >= 15 is 0 Å². The number of hydrogen-bond donors (Lipinski definition) is 1. The molecule has 0 unspecified atom stereocenters. The molecule has 23 heavy (non-hydrogen) atoms. The number of rotatable bonds is 6. The normalized spacial score (nSPS) is 10.5. The number of nitrogens with one attached hydrogen (secondary N) is 1. The largest absolute Gasteiger partial charge is 0.484 e. The Kier molecular flexibility index (Phi) is 5.63. The fourth-order valence-corrected chi connectivity index (χ4v) is 2.24. The van der Waals surface area contributed by atoms with Crippen molar-refractivity contribution in [3.63, 3.8) is 0 Å². The first-order chi connectivity index (χ1) is 10.9. The van der Waals surface area contributed by atoms with Crippen LogP contribution in [0.15, 0.2) is 42.5 Å². The molecule has 2 aromatic rings. The first kappa shape index (κ1) is 16.9. The van der Waals surface area contributed by atoms with Crippen molar-refractivity contribution in [2.24, 2.45) is 0 Å². The van der Waals surface area contributed by atoms with Gasteiger partial charge in [0.2, 0.25) is 0 Å². The smallest absolute Gasteiger partial charge is 0.258 e. The average Bonchev–Trinajstić information content (AvgIpc) is 2.45. The van der Waals surface area contributed by atoms with Gasteiger partial charge in [0.25, 0.3) is 5.91 Å². The summed E-state index contributed by atoms with van der Waals surface area (Å²) in [6, 6.07) is 13.4. The quantitative estimate of drug-likeness (QED) is 0.877. The Hall–Kier alpha value is -2.49. The van der Waals surface area contributed by atoms with Gasteiger partial charge in [0, 0.05) is 6.04 Å². The van der Waals surface area contributed by atoms with Crippen LogP contribution in [0.3, 0.4) is 0 Å². The monoisotopic (exact) mass is 313 g/mol. The Bertz CT molecular complexity index is 643. The lowest BCUT2D eigenvalue weighted by atomic mass is 10.1. The van der Waals surface area contributed by atoms with Gasteiger partial charge < -0.3 is 14.8 Å². The lowest BCUT2D eigenvalue weighted by Gasteiger charge is -2.11. The van der Waals surface area contributed by atoms with Crippen LogP contribution in [0.25, 0.3) is 0 Å². The summed E-state index contributed by atoms with van der Waals surface area (Å²) in [5.41, 5.74) is 2.33. The molecule has 0 saturated carbocycles. The zero-order chi connectivity index (χ0) is 16.8. The Balaban J connectivity index is 1.93. The van der Waals surface area contributed by atoms with Crippen LogP contribution in [0, 0.1) is 13.8 Å². The van der Waals surface area contributed by atoms with Gasteiger partial charge in [-0.1, -0.05) is 6.07 Å². The highest BCUT2D eigenvalue weighted by Gasteiger charge is 2.05. The van der Waals surface area contributed by atoms with Gasteiger partial charge in [0.15, 0.2) is 6.61 Å². The van der Waals surface area contributed by atoms with Crippen molar-refractivity contribution in [3.05, 3.63) is 53.6 Å². The molecule has 1 N–H and O–H groups in total. The van der Waals surface area contributed by atoms with Crippen molar-refractivity contribution in [2.75, 3.05) is 6.61 Å². The molecule has 0 saturated heterocycles. The molecule has 122 valence electrons. The molecule has 0 aromatic heterocycles. The van der Waals surface area contributed by atoms with Crippen LogP contribution in [0.4, 0.5) is 0 Å². The minimum Gasteiger partial charge on any atom is -0.484 e. The molecule has 0 heterocycles. The summed E-state index contributed by atoms with van der Waals surface area (Å²) >= 11 is 0. The third-order valence-corrected chi connectivity index (χ3v) is 3.07. The SMILES string of the molecule is Cc1cc(C)cc(Oc2ccc(OCC(=O)NC(C)C)cc2)c1. The number of ether oxygens (including phenoxy) is 2. The van der Waals surface area contributed by atoms with E-state index in [1.54, 1.807) is 12.1 Å². The number of carbonyl (C=O) groups is 1. The molecule has 4 heteroatoms. The lowest BCUT2D eigenvalue weighted by molar-refractivity contribution is -0.123. The van der Waals surface area contributed by atoms with Gasteiger partial charge in [-0.05, 0) is 75.2 Å². The van der Waals surface area contributed by atoms with Crippen molar-refractivity contribution in [2.45, 2.75) is 33.7 Å². The van der Waals surface area contributed by atoms with Crippen molar-refractivity contribution >= 4 is 5.91 Å². The first-order valence-electron chi connectivity index (χ1n) is 7.71. The molecule has 2 aromatic carbocycles. The van der Waals surface area contributed by atoms with Crippen LogP contribution in [-0.4, -0.2) is 18.6 Å². The summed E-state index contributed by atoms with van der Waals surface area (Å²) in [5, 5.41) is 2.78. The van der Waals surface area contributed by atoms with E-state index in [4.69, 9.17) is 9.47 Å². The topological polar surface area (TPSA) is 47.6 Å². The summed E-state index contributed by atoms with van der Waals surface area (Å²) in [6.45, 7) is 7.92. The maximum absolute atomic E-state index is 11.5. The summed E-state index contributed by atoms with van der Waals surface area (Å²) in [4.78, 5) is 11.5. The standard InChI is InChI=1S/C19H23NO3/c1-13(2)20-19(21)12-22-16-5-7-17(8-6-16)23-18-10-14(3)9-15(4)11-18/h5-11,13H,12H2,1-4H3,(H,20,21). The summed E-state index contributed by atoms with van der Waals surface area (Å²) < 4.78 is 11.3. The third-order valence-electron chi connectivity index (χ3n) is 3.07. The number of carbonyl (C=O) groups excluding carboxylic acids is 1. The maximum Gasteiger partial charge on any atom is 0.258 e. The van der Waals surface area contributed by atoms with Crippen molar-refractivity contribution in [1.29, 1.82) is 0 Å². The van der Waals surface area contributed by atoms with E-state index in [-0.39, 0.29) is 18.6 Å². The summed E-state index contributed by atoms with van der Waals surface area (Å²) in [6.07, 6.45) is 0. The van der Waals surface area contributed by atoms with Crippen molar-refractivity contribution in [3.8, 4) is 17.2 Å². The van der Waals surface area contributed by atoms with Crippen LogP contribution < -0.4 is 14.8 Å². The number of benzene rings is 2. The molecule has 0 spiro atoms. The molecular weight excluding hydrogens is 290 g/mol. The van der Waals surface area contributed by atoms with Gasteiger partial charge in [-0.3, -0.25) is 4.79 Å². The highest BCUT2D eigenvalue weighted by molar-refractivity contribution is 5.77. The molecule has 0 fully saturated rings. The molecule has 0 bridgehead atoms. The molecular formula is C19H23NO3. The minimum absolute atomic E-state index is 0.00938. The van der Waals surface area contributed by atoms with Crippen LogP contribution in [-0.2, 0) is 4.79 Å². The fraction of sp³-hybridized carbons (Fsp3) is 0.316. The van der Waals surface area contributed by atoms with Crippen LogP contribution in [0.2, 0.25) is 0 Å². The second-order valence-corrected chi connectivity index (χ2v) is 5.91. The minimum atomic E-state index is -0.129. The number of aryl methyl sites for hydroxylation is 2. The summed E-state index contributed by atoms with van der Waals surface area (Å²) in [5.74, 6) is 2.05. The molecule has 1 amide bonds. The Morgan fingerprint density at radius 2 is 1.52 bits per heavy atom. The third kappa shape index (κ3) is 5.66. The Morgan fingerprint density at radius 3 is 2.09 bits per heavy atom. The highest BCUT2D eigenvalue weighted by Crippen LogP contribution is 2.25. The predicted molar refractivity (Wildman–Crippen MR) is 91.2 cm³/mol. The van der Waals surface area contributed by atoms with Crippen LogP contribution in [0.5, 0.6) is 17.2 Å². The van der Waals surface area contributed by atoms with Crippen molar-refractivity contribution in [1.82, 2.24) is 5.32 Å². The summed E-state index contributed by atoms with van der Waals surface area (Å²) in [7, 11) is 0. The van der Waals surface area contributed by atoms with Gasteiger partial charge in [-0.2, -0.15) is 0 Å². The van der Waals surface area contributed by atoms with Crippen molar-refractivity contribution < 1.29 is 14.3 Å². The van der Waals surface area contributed by atoms with E-state index in [0.717, 1.165) is 22.6 Å². The molecule has 2 rings (SSSR count). The van der Waals surface area contributed by atoms with E-state index in [1.807, 2.05) is 52.0 Å². The average molecular weight is 313 g/mol. The zero-order valence-electron chi connectivity index (χ0n) is 14.1. The maximum atomic E-state index is 11.5. The first-order valence-corrected chi connectivity index (χ1v) is 7.71. The van der Waals surface area contributed by atoms with Gasteiger partial charge in [0.1, 0.15) is 17.2 Å². The number of amides is 1. The van der Waals surface area contributed by atoms with Gasteiger partial charge in [-0.15, -0.1) is 0 Å². The molecule has 0 atom stereocenters. The van der Waals surface area contributed by atoms with E-state index in [1.165, 1.54) is 0 Å². The molecule has 4 nitrogen and oxygen atoms in total. The van der Waals surface area contributed by atoms with Crippen LogP contribution in [0.1, 0.15) is 25.0 Å². The van der Waals surface area contributed by atoms with E-state index in [0.29, 0.717) is 5.75 Å². The molecule has 0 aliphatic carbocycles. The van der Waals surface area contributed by atoms with E-state index in [9.17, 15) is 4.79 Å². The lowest BCUT2D eigenvalue weighted by Crippen LogP contribution is -2.34. The zero-order valence-corrected chi connectivity index (χ0v) is 14.1.